The Kier molecular flexibility index (Phi) is 7.42. The summed E-state index contributed by atoms with van der Waals surface area (Å²) in [6.07, 6.45) is 1.08. The van der Waals surface area contributed by atoms with Gasteiger partial charge in [0.05, 0.1) is 5.92 Å². The van der Waals surface area contributed by atoms with E-state index in [1.165, 1.54) is 0 Å². The highest BCUT2D eigenvalue weighted by molar-refractivity contribution is 5.98. The van der Waals surface area contributed by atoms with E-state index in [1.807, 2.05) is 84.9 Å². The molecule has 3 aromatic rings. The average Bonchev–Trinajstić information content (AvgIpc) is 2.74. The molecule has 29 heavy (non-hydrogen) atoms. The molecule has 3 aromatic carbocycles. The summed E-state index contributed by atoms with van der Waals surface area (Å²) < 4.78 is 0. The van der Waals surface area contributed by atoms with E-state index in [9.17, 15) is 4.79 Å². The van der Waals surface area contributed by atoms with Crippen LogP contribution >= 0.6 is 0 Å². The summed E-state index contributed by atoms with van der Waals surface area (Å²) in [5, 5.41) is 6.49. The van der Waals surface area contributed by atoms with E-state index in [4.69, 9.17) is 0 Å². The summed E-state index contributed by atoms with van der Waals surface area (Å²) >= 11 is 0. The summed E-state index contributed by atoms with van der Waals surface area (Å²) in [5.41, 5.74) is 3.82. The minimum atomic E-state index is -0.346. The number of benzene rings is 3. The van der Waals surface area contributed by atoms with Crippen molar-refractivity contribution < 1.29 is 4.79 Å². The van der Waals surface area contributed by atoms with Gasteiger partial charge >= 0.3 is 0 Å². The SMILES string of the molecule is CN(C)CCCNc1ccc(NC(=O)C(c2ccccc2)c2ccccc2)cc1. The van der Waals surface area contributed by atoms with Gasteiger partial charge in [-0.2, -0.15) is 0 Å². The molecule has 150 valence electrons. The topological polar surface area (TPSA) is 44.4 Å². The maximum Gasteiger partial charge on any atom is 0.236 e. The number of hydrogen-bond acceptors (Lipinski definition) is 3. The van der Waals surface area contributed by atoms with Crippen molar-refractivity contribution in [3.63, 3.8) is 0 Å². The molecular formula is C25H29N3O. The fraction of sp³-hybridized carbons (Fsp3) is 0.240. The molecule has 4 nitrogen and oxygen atoms in total. The highest BCUT2D eigenvalue weighted by Crippen LogP contribution is 2.26. The van der Waals surface area contributed by atoms with Gasteiger partial charge < -0.3 is 15.5 Å². The van der Waals surface area contributed by atoms with Crippen molar-refractivity contribution in [2.45, 2.75) is 12.3 Å². The quantitative estimate of drug-likeness (QED) is 0.517. The second kappa shape index (κ2) is 10.4. The molecule has 0 aromatic heterocycles. The zero-order valence-electron chi connectivity index (χ0n) is 17.1. The van der Waals surface area contributed by atoms with Crippen LogP contribution in [0.5, 0.6) is 0 Å². The maximum absolute atomic E-state index is 13.1. The van der Waals surface area contributed by atoms with Crippen LogP contribution in [0.4, 0.5) is 11.4 Å². The van der Waals surface area contributed by atoms with Crippen LogP contribution in [-0.2, 0) is 4.79 Å². The molecular weight excluding hydrogens is 358 g/mol. The van der Waals surface area contributed by atoms with E-state index in [0.717, 1.165) is 42.0 Å². The first-order valence-corrected chi connectivity index (χ1v) is 10.0. The van der Waals surface area contributed by atoms with E-state index < -0.39 is 0 Å². The Hall–Kier alpha value is -3.11. The van der Waals surface area contributed by atoms with Crippen LogP contribution in [0.1, 0.15) is 23.5 Å². The molecule has 0 atom stereocenters. The maximum atomic E-state index is 13.1. The molecule has 0 saturated carbocycles. The van der Waals surface area contributed by atoms with Gasteiger partial charge in [-0.3, -0.25) is 4.79 Å². The number of carbonyl (C=O) groups excluding carboxylic acids is 1. The van der Waals surface area contributed by atoms with Crippen LogP contribution in [0.25, 0.3) is 0 Å². The lowest BCUT2D eigenvalue weighted by molar-refractivity contribution is -0.116. The van der Waals surface area contributed by atoms with Crippen LogP contribution < -0.4 is 10.6 Å². The summed E-state index contributed by atoms with van der Waals surface area (Å²) in [5.74, 6) is -0.379. The lowest BCUT2D eigenvalue weighted by Crippen LogP contribution is -2.22. The summed E-state index contributed by atoms with van der Waals surface area (Å²) in [6, 6.07) is 27.7. The van der Waals surface area contributed by atoms with Crippen LogP contribution in [-0.4, -0.2) is 38.0 Å². The zero-order valence-corrected chi connectivity index (χ0v) is 17.1. The number of anilines is 2. The van der Waals surface area contributed by atoms with Gasteiger partial charge in [-0.15, -0.1) is 0 Å². The Morgan fingerprint density at radius 3 is 1.83 bits per heavy atom. The van der Waals surface area contributed by atoms with Crippen molar-refractivity contribution in [3.05, 3.63) is 96.1 Å². The third-order valence-electron chi connectivity index (χ3n) is 4.79. The number of carbonyl (C=O) groups is 1. The standard InChI is InChI=1S/C25H29N3O/c1-28(2)19-9-18-26-22-14-16-23(17-15-22)27-25(29)24(20-10-5-3-6-11-20)21-12-7-4-8-13-21/h3-8,10-17,24,26H,9,18-19H2,1-2H3,(H,27,29). The van der Waals surface area contributed by atoms with E-state index in [2.05, 4.69) is 29.6 Å². The third-order valence-corrected chi connectivity index (χ3v) is 4.79. The lowest BCUT2D eigenvalue weighted by Gasteiger charge is -2.18. The minimum Gasteiger partial charge on any atom is -0.385 e. The molecule has 0 bridgehead atoms. The van der Waals surface area contributed by atoms with E-state index >= 15 is 0 Å². The van der Waals surface area contributed by atoms with E-state index in [-0.39, 0.29) is 11.8 Å². The summed E-state index contributed by atoms with van der Waals surface area (Å²) in [4.78, 5) is 15.3. The van der Waals surface area contributed by atoms with Crippen molar-refractivity contribution in [3.8, 4) is 0 Å². The Bertz CT molecular complexity index is 837. The molecule has 0 spiro atoms. The van der Waals surface area contributed by atoms with Crippen molar-refractivity contribution in [1.82, 2.24) is 4.90 Å². The average molecular weight is 388 g/mol. The number of nitrogens with zero attached hydrogens (tertiary/aromatic N) is 1. The number of amides is 1. The van der Waals surface area contributed by atoms with E-state index in [0.29, 0.717) is 0 Å². The monoisotopic (exact) mass is 387 g/mol. The van der Waals surface area contributed by atoms with Crippen LogP contribution in [0.15, 0.2) is 84.9 Å². The minimum absolute atomic E-state index is 0.0332. The van der Waals surface area contributed by atoms with Gasteiger partial charge in [0.15, 0.2) is 0 Å². The predicted octanol–water partition coefficient (Wildman–Crippen LogP) is 4.82. The Morgan fingerprint density at radius 2 is 1.31 bits per heavy atom. The molecule has 0 fully saturated rings. The van der Waals surface area contributed by atoms with Crippen LogP contribution in [0.2, 0.25) is 0 Å². The molecule has 0 unspecified atom stereocenters. The second-order valence-corrected chi connectivity index (χ2v) is 7.40. The number of hydrogen-bond donors (Lipinski definition) is 2. The fourth-order valence-corrected chi connectivity index (χ4v) is 3.30. The van der Waals surface area contributed by atoms with Gasteiger partial charge in [-0.1, -0.05) is 60.7 Å². The molecule has 4 heteroatoms. The lowest BCUT2D eigenvalue weighted by atomic mass is 9.90. The van der Waals surface area contributed by atoms with Gasteiger partial charge in [0, 0.05) is 17.9 Å². The molecule has 0 radical (unpaired) electrons. The van der Waals surface area contributed by atoms with Gasteiger partial charge in [0.25, 0.3) is 0 Å². The first-order valence-electron chi connectivity index (χ1n) is 10.0. The van der Waals surface area contributed by atoms with Crippen molar-refractivity contribution >= 4 is 17.3 Å². The number of nitrogens with one attached hydrogen (secondary N) is 2. The molecule has 0 aliphatic rings. The predicted molar refractivity (Wildman–Crippen MR) is 121 cm³/mol. The van der Waals surface area contributed by atoms with Gasteiger partial charge in [0.2, 0.25) is 5.91 Å². The van der Waals surface area contributed by atoms with Gasteiger partial charge in [0.1, 0.15) is 0 Å². The fourth-order valence-electron chi connectivity index (χ4n) is 3.30. The molecule has 0 aliphatic carbocycles. The summed E-state index contributed by atoms with van der Waals surface area (Å²) in [7, 11) is 4.16. The van der Waals surface area contributed by atoms with Crippen LogP contribution in [0.3, 0.4) is 0 Å². The zero-order chi connectivity index (χ0) is 20.5. The smallest absolute Gasteiger partial charge is 0.236 e. The Morgan fingerprint density at radius 1 is 0.793 bits per heavy atom. The third kappa shape index (κ3) is 6.19. The van der Waals surface area contributed by atoms with Crippen molar-refractivity contribution in [2.75, 3.05) is 37.8 Å². The first kappa shape index (κ1) is 20.6. The normalized spacial score (nSPS) is 10.9. The Balaban J connectivity index is 1.67. The molecule has 1 amide bonds. The number of rotatable bonds is 9. The molecule has 3 rings (SSSR count). The molecule has 0 heterocycles. The van der Waals surface area contributed by atoms with Gasteiger partial charge in [-0.25, -0.2) is 0 Å². The van der Waals surface area contributed by atoms with E-state index in [1.54, 1.807) is 0 Å². The molecule has 2 N–H and O–H groups in total. The Labute approximate surface area is 173 Å². The van der Waals surface area contributed by atoms with Gasteiger partial charge in [-0.05, 0) is 62.5 Å². The van der Waals surface area contributed by atoms with Crippen molar-refractivity contribution in [2.24, 2.45) is 0 Å². The van der Waals surface area contributed by atoms with Crippen LogP contribution in [0, 0.1) is 0 Å². The highest BCUT2D eigenvalue weighted by Gasteiger charge is 2.22. The molecule has 0 aliphatic heterocycles. The highest BCUT2D eigenvalue weighted by atomic mass is 16.1. The summed E-state index contributed by atoms with van der Waals surface area (Å²) in [6.45, 7) is 1.98. The first-order chi connectivity index (χ1) is 14.1. The molecule has 0 saturated heterocycles. The largest absolute Gasteiger partial charge is 0.385 e. The second-order valence-electron chi connectivity index (χ2n) is 7.40. The van der Waals surface area contributed by atoms with Crippen molar-refractivity contribution in [1.29, 1.82) is 0 Å².